The molecule has 0 unspecified atom stereocenters. The number of halogens is 3. The molecule has 2 aromatic rings. The van der Waals surface area contributed by atoms with Crippen LogP contribution in [0.5, 0.6) is 0 Å². The molecule has 0 aliphatic carbocycles. The van der Waals surface area contributed by atoms with E-state index in [-0.39, 0.29) is 10.6 Å². The minimum Gasteiger partial charge on any atom is -0.325 e. The van der Waals surface area contributed by atoms with Crippen molar-refractivity contribution in [2.24, 2.45) is 5.73 Å². The fourth-order valence-electron chi connectivity index (χ4n) is 1.57. The molecule has 2 rings (SSSR count). The van der Waals surface area contributed by atoms with Crippen molar-refractivity contribution in [3.8, 4) is 5.69 Å². The van der Waals surface area contributed by atoms with Crippen molar-refractivity contribution < 1.29 is 21.6 Å². The van der Waals surface area contributed by atoms with Gasteiger partial charge in [-0.2, -0.15) is 5.10 Å². The third kappa shape index (κ3) is 3.64. The first-order chi connectivity index (χ1) is 10.2. The largest absolute Gasteiger partial charge is 0.325 e. The highest BCUT2D eigenvalue weighted by Gasteiger charge is 2.29. The van der Waals surface area contributed by atoms with Crippen LogP contribution in [-0.4, -0.2) is 37.2 Å². The third-order valence-electron chi connectivity index (χ3n) is 2.79. The fourth-order valence-corrected chi connectivity index (χ4v) is 2.56. The van der Waals surface area contributed by atoms with E-state index in [1.54, 1.807) is 10.8 Å². The molecule has 0 aliphatic rings. The zero-order valence-electron chi connectivity index (χ0n) is 11.2. The van der Waals surface area contributed by atoms with Gasteiger partial charge in [-0.15, -0.1) is 0 Å². The molecule has 1 aromatic heterocycles. The fraction of sp³-hybridized carbons (Fsp3) is 0.250. The minimum absolute atomic E-state index is 0.0382. The molecule has 0 saturated carbocycles. The van der Waals surface area contributed by atoms with Gasteiger partial charge in [0.15, 0.2) is 0 Å². The molecule has 0 bridgehead atoms. The van der Waals surface area contributed by atoms with Crippen molar-refractivity contribution in [2.75, 3.05) is 13.1 Å². The van der Waals surface area contributed by atoms with E-state index in [9.17, 15) is 21.6 Å². The Bertz CT molecular complexity index is 761. The summed E-state index contributed by atoms with van der Waals surface area (Å²) in [5.74, 6) is -3.95. The topological polar surface area (TPSA) is 90.0 Å². The lowest BCUT2D eigenvalue weighted by Crippen LogP contribution is -2.41. The number of hydrogen-bond acceptors (Lipinski definition) is 4. The molecule has 22 heavy (non-hydrogen) atoms. The summed E-state index contributed by atoms with van der Waals surface area (Å²) in [7, 11) is -4.19. The lowest BCUT2D eigenvalue weighted by atomic mass is 10.3. The zero-order valence-corrected chi connectivity index (χ0v) is 12.0. The van der Waals surface area contributed by atoms with Gasteiger partial charge in [-0.25, -0.2) is 31.0 Å². The predicted octanol–water partition coefficient (Wildman–Crippen LogP) is 0.884. The van der Waals surface area contributed by atoms with E-state index in [4.69, 9.17) is 5.73 Å². The van der Waals surface area contributed by atoms with Crippen molar-refractivity contribution >= 4 is 10.0 Å². The van der Waals surface area contributed by atoms with Crippen LogP contribution in [0.1, 0.15) is 0 Å². The van der Waals surface area contributed by atoms with Crippen LogP contribution >= 0.6 is 0 Å². The van der Waals surface area contributed by atoms with Crippen LogP contribution in [0.3, 0.4) is 0 Å². The van der Waals surface area contributed by atoms with E-state index < -0.39 is 34.9 Å². The Balaban J connectivity index is 2.22. The Hall–Kier alpha value is -1.91. The van der Waals surface area contributed by atoms with E-state index in [1.165, 1.54) is 18.2 Å². The lowest BCUT2D eigenvalue weighted by Gasteiger charge is -2.13. The second-order valence-electron chi connectivity index (χ2n) is 4.46. The zero-order chi connectivity index (χ0) is 16.4. The van der Waals surface area contributed by atoms with Gasteiger partial charge in [0.05, 0.1) is 25.5 Å². The van der Waals surface area contributed by atoms with Gasteiger partial charge in [0, 0.05) is 0 Å². The molecule has 6 nitrogen and oxygen atoms in total. The Morgan fingerprint density at radius 1 is 1.32 bits per heavy atom. The van der Waals surface area contributed by atoms with Crippen LogP contribution in [-0.2, 0) is 10.0 Å². The highest BCUT2D eigenvalue weighted by Crippen LogP contribution is 2.16. The van der Waals surface area contributed by atoms with Crippen molar-refractivity contribution in [1.29, 1.82) is 0 Å². The van der Waals surface area contributed by atoms with Crippen molar-refractivity contribution in [1.82, 2.24) is 14.5 Å². The van der Waals surface area contributed by atoms with Gasteiger partial charge in [0.1, 0.15) is 16.4 Å². The first kappa shape index (κ1) is 16.5. The third-order valence-corrected chi connectivity index (χ3v) is 4.14. The maximum Gasteiger partial charge on any atom is 0.273 e. The maximum absolute atomic E-state index is 13.6. The van der Waals surface area contributed by atoms with Crippen LogP contribution in [0.2, 0.25) is 0 Å². The van der Waals surface area contributed by atoms with Gasteiger partial charge in [0.2, 0.25) is 10.0 Å². The van der Waals surface area contributed by atoms with Gasteiger partial charge in [0.25, 0.3) is 5.92 Å². The van der Waals surface area contributed by atoms with E-state index >= 15 is 0 Å². The first-order valence-electron chi connectivity index (χ1n) is 6.12. The molecule has 1 aromatic carbocycles. The molecule has 10 heteroatoms. The van der Waals surface area contributed by atoms with Crippen LogP contribution in [0.15, 0.2) is 41.6 Å². The van der Waals surface area contributed by atoms with Crippen LogP contribution in [0.25, 0.3) is 5.69 Å². The molecule has 1 heterocycles. The number of para-hydroxylation sites is 1. The SMILES string of the molecule is NCC(F)(F)CNS(=O)(=O)c1cnn(-c2ccccc2F)c1. The lowest BCUT2D eigenvalue weighted by molar-refractivity contribution is 0.0170. The minimum atomic E-state index is -4.19. The van der Waals surface area contributed by atoms with Crippen molar-refractivity contribution in [2.45, 2.75) is 10.8 Å². The Morgan fingerprint density at radius 2 is 2.00 bits per heavy atom. The average molecular weight is 334 g/mol. The molecule has 0 amide bonds. The summed E-state index contributed by atoms with van der Waals surface area (Å²) in [5.41, 5.74) is 4.87. The number of aromatic nitrogens is 2. The number of benzene rings is 1. The van der Waals surface area contributed by atoms with Gasteiger partial charge < -0.3 is 5.73 Å². The van der Waals surface area contributed by atoms with Crippen molar-refractivity contribution in [3.63, 3.8) is 0 Å². The van der Waals surface area contributed by atoms with Gasteiger partial charge >= 0.3 is 0 Å². The monoisotopic (exact) mass is 334 g/mol. The van der Waals surface area contributed by atoms with E-state index in [1.807, 2.05) is 0 Å². The highest BCUT2D eigenvalue weighted by atomic mass is 32.2. The molecular formula is C12H13F3N4O2S. The van der Waals surface area contributed by atoms with Crippen LogP contribution < -0.4 is 10.5 Å². The molecule has 0 atom stereocenters. The van der Waals surface area contributed by atoms with Crippen molar-refractivity contribution in [3.05, 3.63) is 42.5 Å². The predicted molar refractivity (Wildman–Crippen MR) is 72.7 cm³/mol. The Morgan fingerprint density at radius 3 is 2.64 bits per heavy atom. The number of nitrogens with one attached hydrogen (secondary N) is 1. The second kappa shape index (κ2) is 6.07. The smallest absolute Gasteiger partial charge is 0.273 e. The summed E-state index contributed by atoms with van der Waals surface area (Å²) < 4.78 is 66.1. The average Bonchev–Trinajstić information content (AvgIpc) is 2.96. The molecule has 0 spiro atoms. The summed E-state index contributed by atoms with van der Waals surface area (Å²) in [5, 5.41) is 3.72. The molecule has 0 aliphatic heterocycles. The summed E-state index contributed by atoms with van der Waals surface area (Å²) in [6.07, 6.45) is 1.97. The van der Waals surface area contributed by atoms with Gasteiger partial charge in [-0.05, 0) is 12.1 Å². The quantitative estimate of drug-likeness (QED) is 0.821. The Labute approximate surface area is 124 Å². The summed E-state index contributed by atoms with van der Waals surface area (Å²) >= 11 is 0. The maximum atomic E-state index is 13.6. The standard InChI is InChI=1S/C12H13F3N4O2S/c13-10-3-1-2-4-11(10)19-6-9(5-17-19)22(20,21)18-8-12(14,15)7-16/h1-6,18H,7-8,16H2. The van der Waals surface area contributed by atoms with E-state index in [0.717, 1.165) is 17.1 Å². The number of nitrogens with zero attached hydrogens (tertiary/aromatic N) is 2. The van der Waals surface area contributed by atoms with Crippen LogP contribution in [0, 0.1) is 5.82 Å². The molecule has 3 N–H and O–H groups in total. The van der Waals surface area contributed by atoms with E-state index in [2.05, 4.69) is 5.10 Å². The normalized spacial score (nSPS) is 12.5. The molecule has 0 radical (unpaired) electrons. The second-order valence-corrected chi connectivity index (χ2v) is 6.22. The number of alkyl halides is 2. The number of nitrogens with two attached hydrogens (primary N) is 1. The molecule has 120 valence electrons. The number of sulfonamides is 1. The van der Waals surface area contributed by atoms with E-state index in [0.29, 0.717) is 0 Å². The van der Waals surface area contributed by atoms with Crippen LogP contribution in [0.4, 0.5) is 13.2 Å². The highest BCUT2D eigenvalue weighted by molar-refractivity contribution is 7.89. The molecular weight excluding hydrogens is 321 g/mol. The summed E-state index contributed by atoms with van der Waals surface area (Å²) in [6.45, 7) is -2.11. The molecule has 0 fully saturated rings. The number of hydrogen-bond donors (Lipinski definition) is 2. The van der Waals surface area contributed by atoms with Gasteiger partial charge in [-0.1, -0.05) is 12.1 Å². The molecule has 0 saturated heterocycles. The van der Waals surface area contributed by atoms with Gasteiger partial charge in [-0.3, -0.25) is 0 Å². The summed E-state index contributed by atoms with van der Waals surface area (Å²) in [6, 6.07) is 5.60. The first-order valence-corrected chi connectivity index (χ1v) is 7.61. The number of rotatable bonds is 6. The summed E-state index contributed by atoms with van der Waals surface area (Å²) in [4.78, 5) is -0.358. The Kier molecular flexibility index (Phi) is 4.54.